The molecule has 88 valence electrons. The van der Waals surface area contributed by atoms with Crippen molar-refractivity contribution in [1.82, 2.24) is 10.3 Å². The number of pyridine rings is 1. The normalized spacial score (nSPS) is 12.4. The molecule has 3 heteroatoms. The zero-order valence-corrected chi connectivity index (χ0v) is 12.1. The quantitative estimate of drug-likeness (QED) is 0.869. The summed E-state index contributed by atoms with van der Waals surface area (Å²) in [7, 11) is 1.98. The fourth-order valence-corrected chi connectivity index (χ4v) is 2.52. The first-order chi connectivity index (χ1) is 8.20. The van der Waals surface area contributed by atoms with Crippen molar-refractivity contribution >= 4 is 22.6 Å². The Bertz CT molecular complexity index is 466. The van der Waals surface area contributed by atoms with Crippen LogP contribution < -0.4 is 5.32 Å². The maximum atomic E-state index is 4.26. The van der Waals surface area contributed by atoms with E-state index in [4.69, 9.17) is 0 Å². The molecule has 2 nitrogen and oxygen atoms in total. The predicted molar refractivity (Wildman–Crippen MR) is 79.0 cm³/mol. The van der Waals surface area contributed by atoms with E-state index in [2.05, 4.69) is 70.1 Å². The lowest BCUT2D eigenvalue weighted by Crippen LogP contribution is -2.18. The standard InChI is InChI=1S/C14H15IN2/c1-10-6-12(9-17-8-10)14(16-2)11-4-3-5-13(15)7-11/h3-9,14,16H,1-2H3. The molecule has 0 fully saturated rings. The van der Waals surface area contributed by atoms with Crippen molar-refractivity contribution in [1.29, 1.82) is 0 Å². The van der Waals surface area contributed by atoms with Crippen molar-refractivity contribution in [3.63, 3.8) is 0 Å². The Kier molecular flexibility index (Phi) is 4.12. The van der Waals surface area contributed by atoms with Gasteiger partial charge in [-0.15, -0.1) is 0 Å². The van der Waals surface area contributed by atoms with Crippen molar-refractivity contribution in [2.24, 2.45) is 0 Å². The summed E-state index contributed by atoms with van der Waals surface area (Å²) >= 11 is 2.34. The highest BCUT2D eigenvalue weighted by Gasteiger charge is 2.12. The second kappa shape index (κ2) is 5.60. The molecule has 0 amide bonds. The molecule has 0 aliphatic carbocycles. The van der Waals surface area contributed by atoms with Crippen molar-refractivity contribution in [2.45, 2.75) is 13.0 Å². The molecular formula is C14H15IN2. The lowest BCUT2D eigenvalue weighted by molar-refractivity contribution is 0.687. The van der Waals surface area contributed by atoms with Crippen LogP contribution in [-0.4, -0.2) is 12.0 Å². The van der Waals surface area contributed by atoms with Gasteiger partial charge in [-0.05, 0) is 65.4 Å². The van der Waals surface area contributed by atoms with E-state index in [1.54, 1.807) is 0 Å². The summed E-state index contributed by atoms with van der Waals surface area (Å²) in [6.07, 6.45) is 3.80. The highest BCUT2D eigenvalue weighted by molar-refractivity contribution is 14.1. The first kappa shape index (κ1) is 12.5. The van der Waals surface area contributed by atoms with Crippen molar-refractivity contribution in [3.05, 3.63) is 63.0 Å². The van der Waals surface area contributed by atoms with Crippen LogP contribution in [0.1, 0.15) is 22.7 Å². The summed E-state index contributed by atoms with van der Waals surface area (Å²) in [5, 5.41) is 3.35. The van der Waals surface area contributed by atoms with Crippen LogP contribution in [0.5, 0.6) is 0 Å². The molecule has 1 aromatic carbocycles. The number of rotatable bonds is 3. The fourth-order valence-electron chi connectivity index (χ4n) is 1.95. The second-order valence-corrected chi connectivity index (χ2v) is 5.32. The first-order valence-electron chi connectivity index (χ1n) is 5.55. The van der Waals surface area contributed by atoms with E-state index in [1.807, 2.05) is 19.4 Å². The van der Waals surface area contributed by atoms with E-state index in [-0.39, 0.29) is 6.04 Å². The minimum Gasteiger partial charge on any atom is -0.309 e. The molecule has 0 saturated heterocycles. The number of nitrogens with one attached hydrogen (secondary N) is 1. The maximum absolute atomic E-state index is 4.26. The van der Waals surface area contributed by atoms with Gasteiger partial charge in [0, 0.05) is 16.0 Å². The van der Waals surface area contributed by atoms with Gasteiger partial charge >= 0.3 is 0 Å². The van der Waals surface area contributed by atoms with Crippen molar-refractivity contribution in [2.75, 3.05) is 7.05 Å². The van der Waals surface area contributed by atoms with Crippen LogP contribution in [-0.2, 0) is 0 Å². The fraction of sp³-hybridized carbons (Fsp3) is 0.214. The highest BCUT2D eigenvalue weighted by Crippen LogP contribution is 2.23. The lowest BCUT2D eigenvalue weighted by atomic mass is 9.99. The van der Waals surface area contributed by atoms with Gasteiger partial charge in [0.25, 0.3) is 0 Å². The molecule has 0 saturated carbocycles. The van der Waals surface area contributed by atoms with Gasteiger partial charge in [-0.3, -0.25) is 4.98 Å². The van der Waals surface area contributed by atoms with E-state index >= 15 is 0 Å². The molecule has 1 aromatic heterocycles. The second-order valence-electron chi connectivity index (χ2n) is 4.07. The average molecular weight is 338 g/mol. The van der Waals surface area contributed by atoms with Gasteiger partial charge in [0.1, 0.15) is 0 Å². The zero-order valence-electron chi connectivity index (χ0n) is 9.94. The van der Waals surface area contributed by atoms with Gasteiger partial charge in [-0.1, -0.05) is 18.2 Å². The molecule has 1 heterocycles. The van der Waals surface area contributed by atoms with E-state index in [0.717, 1.165) is 0 Å². The SMILES string of the molecule is CNC(c1cncc(C)c1)c1cccc(I)c1. The van der Waals surface area contributed by atoms with E-state index in [9.17, 15) is 0 Å². The topological polar surface area (TPSA) is 24.9 Å². The van der Waals surface area contributed by atoms with E-state index < -0.39 is 0 Å². The Balaban J connectivity index is 2.40. The number of halogens is 1. The molecular weight excluding hydrogens is 323 g/mol. The third-order valence-electron chi connectivity index (χ3n) is 2.70. The summed E-state index contributed by atoms with van der Waals surface area (Å²) in [5.41, 5.74) is 3.66. The zero-order chi connectivity index (χ0) is 12.3. The van der Waals surface area contributed by atoms with E-state index in [0.29, 0.717) is 0 Å². The highest BCUT2D eigenvalue weighted by atomic mass is 127. The Labute approximate surface area is 116 Å². The first-order valence-corrected chi connectivity index (χ1v) is 6.63. The van der Waals surface area contributed by atoms with Crippen LogP contribution in [0.15, 0.2) is 42.7 Å². The van der Waals surface area contributed by atoms with E-state index in [1.165, 1.54) is 20.3 Å². The van der Waals surface area contributed by atoms with Crippen LogP contribution in [0.3, 0.4) is 0 Å². The minimum atomic E-state index is 0.206. The summed E-state index contributed by atoms with van der Waals surface area (Å²) < 4.78 is 1.25. The van der Waals surface area contributed by atoms with Crippen LogP contribution in [0.4, 0.5) is 0 Å². The van der Waals surface area contributed by atoms with Crippen LogP contribution >= 0.6 is 22.6 Å². The molecule has 17 heavy (non-hydrogen) atoms. The van der Waals surface area contributed by atoms with Gasteiger partial charge < -0.3 is 5.32 Å². The number of nitrogens with zero attached hydrogens (tertiary/aromatic N) is 1. The van der Waals surface area contributed by atoms with Gasteiger partial charge in [0.2, 0.25) is 0 Å². The Morgan fingerprint density at radius 1 is 1.18 bits per heavy atom. The van der Waals surface area contributed by atoms with Gasteiger partial charge in [-0.2, -0.15) is 0 Å². The average Bonchev–Trinajstić information content (AvgIpc) is 2.30. The van der Waals surface area contributed by atoms with Crippen LogP contribution in [0, 0.1) is 10.5 Å². The summed E-state index contributed by atoms with van der Waals surface area (Å²) in [6.45, 7) is 2.07. The number of hydrogen-bond acceptors (Lipinski definition) is 2. The molecule has 0 aliphatic heterocycles. The van der Waals surface area contributed by atoms with Gasteiger partial charge in [-0.25, -0.2) is 0 Å². The lowest BCUT2D eigenvalue weighted by Gasteiger charge is -2.17. The third-order valence-corrected chi connectivity index (χ3v) is 3.37. The monoisotopic (exact) mass is 338 g/mol. The number of aromatic nitrogens is 1. The van der Waals surface area contributed by atoms with Crippen LogP contribution in [0.2, 0.25) is 0 Å². The maximum Gasteiger partial charge on any atom is 0.0590 e. The predicted octanol–water partition coefficient (Wildman–Crippen LogP) is 3.30. The number of hydrogen-bond donors (Lipinski definition) is 1. The van der Waals surface area contributed by atoms with Crippen molar-refractivity contribution < 1.29 is 0 Å². The minimum absolute atomic E-state index is 0.206. The largest absolute Gasteiger partial charge is 0.309 e. The van der Waals surface area contributed by atoms with Crippen molar-refractivity contribution in [3.8, 4) is 0 Å². The summed E-state index contributed by atoms with van der Waals surface area (Å²) in [6, 6.07) is 10.9. The molecule has 0 aliphatic rings. The molecule has 0 bridgehead atoms. The number of aryl methyl sites for hydroxylation is 1. The van der Waals surface area contributed by atoms with Gasteiger partial charge in [0.15, 0.2) is 0 Å². The molecule has 2 aromatic rings. The molecule has 1 N–H and O–H groups in total. The summed E-state index contributed by atoms with van der Waals surface area (Å²) in [4.78, 5) is 4.26. The molecule has 2 rings (SSSR count). The molecule has 1 atom stereocenters. The van der Waals surface area contributed by atoms with Crippen LogP contribution in [0.25, 0.3) is 0 Å². The molecule has 0 radical (unpaired) electrons. The number of benzene rings is 1. The molecule has 1 unspecified atom stereocenters. The molecule has 0 spiro atoms. The Morgan fingerprint density at radius 2 is 2.00 bits per heavy atom. The Hall–Kier alpha value is -0.940. The summed E-state index contributed by atoms with van der Waals surface area (Å²) in [5.74, 6) is 0. The Morgan fingerprint density at radius 3 is 2.65 bits per heavy atom. The third kappa shape index (κ3) is 3.04. The smallest absolute Gasteiger partial charge is 0.0590 e. The van der Waals surface area contributed by atoms with Gasteiger partial charge in [0.05, 0.1) is 6.04 Å².